The number of benzene rings is 1. The Morgan fingerprint density at radius 3 is 2.43 bits per heavy atom. The molecule has 1 aromatic rings. The number of carbonyl (C=O) groups is 1. The summed E-state index contributed by atoms with van der Waals surface area (Å²) in [4.78, 5) is 14.6. The summed E-state index contributed by atoms with van der Waals surface area (Å²) < 4.78 is 6.10. The van der Waals surface area contributed by atoms with E-state index in [1.165, 1.54) is 5.56 Å². The zero-order valence-electron chi connectivity index (χ0n) is 13.7. The second-order valence-corrected chi connectivity index (χ2v) is 6.36. The van der Waals surface area contributed by atoms with E-state index in [1.54, 1.807) is 0 Å². The fraction of sp³-hybridized carbons (Fsp3) is 0.588. The van der Waals surface area contributed by atoms with Crippen LogP contribution in [0, 0.1) is 20.8 Å². The molecular weight excluding hydrogens is 264 g/mol. The van der Waals surface area contributed by atoms with Crippen molar-refractivity contribution in [1.82, 2.24) is 10.2 Å². The van der Waals surface area contributed by atoms with Gasteiger partial charge in [-0.05, 0) is 57.4 Å². The third kappa shape index (κ3) is 3.56. The summed E-state index contributed by atoms with van der Waals surface area (Å²) in [5.74, 6) is 0.864. The maximum Gasteiger partial charge on any atom is 0.266 e. The molecule has 1 heterocycles. The van der Waals surface area contributed by atoms with Crippen LogP contribution >= 0.6 is 0 Å². The van der Waals surface area contributed by atoms with Gasteiger partial charge in [-0.25, -0.2) is 0 Å². The smallest absolute Gasteiger partial charge is 0.266 e. The van der Waals surface area contributed by atoms with Crippen molar-refractivity contribution < 1.29 is 9.53 Å². The van der Waals surface area contributed by atoms with Crippen LogP contribution < -0.4 is 10.1 Å². The van der Waals surface area contributed by atoms with E-state index < -0.39 is 5.60 Å². The highest BCUT2D eigenvalue weighted by atomic mass is 16.5. The molecule has 0 spiro atoms. The maximum atomic E-state index is 12.7. The lowest BCUT2D eigenvalue weighted by Crippen LogP contribution is -2.54. The lowest BCUT2D eigenvalue weighted by molar-refractivity contribution is -0.146. The highest BCUT2D eigenvalue weighted by Crippen LogP contribution is 2.28. The predicted molar refractivity (Wildman–Crippen MR) is 84.8 cm³/mol. The Morgan fingerprint density at radius 2 is 1.81 bits per heavy atom. The number of nitrogens with one attached hydrogen (secondary N) is 1. The van der Waals surface area contributed by atoms with Gasteiger partial charge in [0.2, 0.25) is 0 Å². The summed E-state index contributed by atoms with van der Waals surface area (Å²) in [6.45, 7) is 13.1. The molecular formula is C17H26N2O2. The first-order chi connectivity index (χ1) is 9.81. The van der Waals surface area contributed by atoms with Crippen molar-refractivity contribution in [2.45, 2.75) is 40.2 Å². The van der Waals surface area contributed by atoms with E-state index >= 15 is 0 Å². The van der Waals surface area contributed by atoms with Crippen molar-refractivity contribution in [3.05, 3.63) is 28.8 Å². The molecule has 21 heavy (non-hydrogen) atoms. The minimum absolute atomic E-state index is 0.0579. The number of carbonyl (C=O) groups excluding carboxylic acids is 1. The van der Waals surface area contributed by atoms with Gasteiger partial charge in [0.15, 0.2) is 5.60 Å². The normalized spacial score (nSPS) is 16.0. The van der Waals surface area contributed by atoms with E-state index in [9.17, 15) is 4.79 Å². The van der Waals surface area contributed by atoms with Crippen LogP contribution in [0.1, 0.15) is 30.5 Å². The summed E-state index contributed by atoms with van der Waals surface area (Å²) in [5.41, 5.74) is 2.60. The van der Waals surface area contributed by atoms with Crippen molar-refractivity contribution >= 4 is 5.91 Å². The highest BCUT2D eigenvalue weighted by molar-refractivity contribution is 5.85. The minimum Gasteiger partial charge on any atom is -0.478 e. The molecule has 4 heteroatoms. The van der Waals surface area contributed by atoms with E-state index in [0.29, 0.717) is 0 Å². The van der Waals surface area contributed by atoms with Gasteiger partial charge in [-0.3, -0.25) is 4.79 Å². The monoisotopic (exact) mass is 290 g/mol. The first-order valence-electron chi connectivity index (χ1n) is 7.58. The number of hydrogen-bond donors (Lipinski definition) is 1. The van der Waals surface area contributed by atoms with Crippen LogP contribution in [0.15, 0.2) is 12.1 Å². The Hall–Kier alpha value is -1.55. The molecule has 0 aliphatic carbocycles. The molecule has 4 nitrogen and oxygen atoms in total. The average molecular weight is 290 g/mol. The van der Waals surface area contributed by atoms with E-state index in [0.717, 1.165) is 43.1 Å². The Bertz CT molecular complexity index is 532. The molecule has 1 aliphatic heterocycles. The van der Waals surface area contributed by atoms with Crippen molar-refractivity contribution in [3.63, 3.8) is 0 Å². The average Bonchev–Trinajstić information content (AvgIpc) is 2.44. The number of rotatable bonds is 3. The van der Waals surface area contributed by atoms with Gasteiger partial charge >= 0.3 is 0 Å². The number of piperazine rings is 1. The van der Waals surface area contributed by atoms with E-state index in [4.69, 9.17) is 4.74 Å². The summed E-state index contributed by atoms with van der Waals surface area (Å²) in [5, 5.41) is 3.26. The number of amides is 1. The van der Waals surface area contributed by atoms with Gasteiger partial charge in [0.25, 0.3) is 5.91 Å². The molecule has 0 saturated carbocycles. The van der Waals surface area contributed by atoms with E-state index in [1.807, 2.05) is 38.7 Å². The molecule has 1 N–H and O–H groups in total. The summed E-state index contributed by atoms with van der Waals surface area (Å²) in [6, 6.07) is 4.14. The third-order valence-corrected chi connectivity index (χ3v) is 4.05. The van der Waals surface area contributed by atoms with Gasteiger partial charge in [0.1, 0.15) is 5.75 Å². The zero-order chi connectivity index (χ0) is 15.6. The molecule has 0 unspecified atom stereocenters. The summed E-state index contributed by atoms with van der Waals surface area (Å²) in [6.07, 6.45) is 0. The van der Waals surface area contributed by atoms with Gasteiger partial charge in [-0.2, -0.15) is 0 Å². The lowest BCUT2D eigenvalue weighted by Gasteiger charge is -2.35. The Labute approximate surface area is 127 Å². The van der Waals surface area contributed by atoms with E-state index in [-0.39, 0.29) is 5.91 Å². The maximum absolute atomic E-state index is 12.7. The van der Waals surface area contributed by atoms with Crippen molar-refractivity contribution in [2.75, 3.05) is 26.2 Å². The SMILES string of the molecule is Cc1cc(C)c(C)c(OC(C)(C)C(=O)N2CCNCC2)c1. The molecule has 1 saturated heterocycles. The van der Waals surface area contributed by atoms with Crippen LogP contribution in [0.25, 0.3) is 0 Å². The van der Waals surface area contributed by atoms with Crippen LogP contribution in [0.3, 0.4) is 0 Å². The van der Waals surface area contributed by atoms with Crippen molar-refractivity contribution in [1.29, 1.82) is 0 Å². The van der Waals surface area contributed by atoms with Crippen molar-refractivity contribution in [3.8, 4) is 5.75 Å². The van der Waals surface area contributed by atoms with Crippen LogP contribution in [0.2, 0.25) is 0 Å². The van der Waals surface area contributed by atoms with Gasteiger partial charge in [0, 0.05) is 26.2 Å². The summed E-state index contributed by atoms with van der Waals surface area (Å²) >= 11 is 0. The number of nitrogens with zero attached hydrogens (tertiary/aromatic N) is 1. The fourth-order valence-corrected chi connectivity index (χ4v) is 2.67. The standard InChI is InChI=1S/C17H26N2O2/c1-12-10-13(2)14(3)15(11-12)21-17(4,5)16(20)19-8-6-18-7-9-19/h10-11,18H,6-9H2,1-5H3. The second kappa shape index (κ2) is 6.06. The second-order valence-electron chi connectivity index (χ2n) is 6.36. The Morgan fingerprint density at radius 1 is 1.19 bits per heavy atom. The minimum atomic E-state index is -0.845. The first kappa shape index (κ1) is 15.8. The summed E-state index contributed by atoms with van der Waals surface area (Å²) in [7, 11) is 0. The van der Waals surface area contributed by atoms with Gasteiger partial charge < -0.3 is 15.0 Å². The third-order valence-electron chi connectivity index (χ3n) is 4.05. The van der Waals surface area contributed by atoms with Crippen LogP contribution in [0.5, 0.6) is 5.75 Å². The molecule has 0 aromatic heterocycles. The van der Waals surface area contributed by atoms with Crippen LogP contribution in [0.4, 0.5) is 0 Å². The lowest BCUT2D eigenvalue weighted by atomic mass is 10.0. The molecule has 1 aliphatic rings. The fourth-order valence-electron chi connectivity index (χ4n) is 2.67. The Balaban J connectivity index is 2.18. The molecule has 0 bridgehead atoms. The first-order valence-corrected chi connectivity index (χ1v) is 7.58. The highest BCUT2D eigenvalue weighted by Gasteiger charge is 2.35. The van der Waals surface area contributed by atoms with Gasteiger partial charge in [-0.15, -0.1) is 0 Å². The zero-order valence-corrected chi connectivity index (χ0v) is 13.7. The molecule has 1 amide bonds. The van der Waals surface area contributed by atoms with Crippen LogP contribution in [-0.2, 0) is 4.79 Å². The predicted octanol–water partition coefficient (Wildman–Crippen LogP) is 2.20. The molecule has 116 valence electrons. The molecule has 1 aromatic carbocycles. The Kier molecular flexibility index (Phi) is 4.57. The largest absolute Gasteiger partial charge is 0.478 e. The van der Waals surface area contributed by atoms with Gasteiger partial charge in [0.05, 0.1) is 0 Å². The van der Waals surface area contributed by atoms with Crippen molar-refractivity contribution in [2.24, 2.45) is 0 Å². The number of hydrogen-bond acceptors (Lipinski definition) is 3. The van der Waals surface area contributed by atoms with E-state index in [2.05, 4.69) is 18.3 Å². The number of aryl methyl sites for hydroxylation is 2. The molecule has 2 rings (SSSR count). The van der Waals surface area contributed by atoms with Gasteiger partial charge in [-0.1, -0.05) is 6.07 Å². The molecule has 0 radical (unpaired) electrons. The molecule has 1 fully saturated rings. The van der Waals surface area contributed by atoms with Crippen LogP contribution in [-0.4, -0.2) is 42.6 Å². The topological polar surface area (TPSA) is 41.6 Å². The quantitative estimate of drug-likeness (QED) is 0.928. The number of ether oxygens (including phenoxy) is 1. The molecule has 0 atom stereocenters.